The molecule has 4 heteroatoms. The molecule has 27 heavy (non-hydrogen) atoms. The summed E-state index contributed by atoms with van der Waals surface area (Å²) in [6, 6.07) is 22.2. The first kappa shape index (κ1) is 15.8. The van der Waals surface area contributed by atoms with Gasteiger partial charge >= 0.3 is 0 Å². The predicted octanol–water partition coefficient (Wildman–Crippen LogP) is 2.17. The molecule has 0 bridgehead atoms. The quantitative estimate of drug-likeness (QED) is 0.708. The summed E-state index contributed by atoms with van der Waals surface area (Å²) < 4.78 is 11.7. The van der Waals surface area contributed by atoms with Gasteiger partial charge in [0.05, 0.1) is 23.2 Å². The SMILES string of the molecule is Cc1cc(C2N=c3ccccc3=CO2)ccc1C1N=c2ccccc2=CO1. The zero-order valence-electron chi connectivity index (χ0n) is 14.9. The molecule has 0 fully saturated rings. The third kappa shape index (κ3) is 2.89. The minimum absolute atomic E-state index is 0.328. The predicted molar refractivity (Wildman–Crippen MR) is 102 cm³/mol. The van der Waals surface area contributed by atoms with Crippen LogP contribution in [0.1, 0.15) is 29.1 Å². The Hall–Kier alpha value is -3.40. The Morgan fingerprint density at radius 3 is 1.96 bits per heavy atom. The zero-order chi connectivity index (χ0) is 18.2. The molecule has 0 spiro atoms. The lowest BCUT2D eigenvalue weighted by Crippen LogP contribution is -2.29. The van der Waals surface area contributed by atoms with E-state index in [0.29, 0.717) is 0 Å². The van der Waals surface area contributed by atoms with Crippen molar-refractivity contribution in [2.24, 2.45) is 9.98 Å². The molecule has 2 atom stereocenters. The van der Waals surface area contributed by atoms with E-state index in [-0.39, 0.29) is 12.5 Å². The van der Waals surface area contributed by atoms with Gasteiger partial charge in [-0.15, -0.1) is 0 Å². The van der Waals surface area contributed by atoms with Gasteiger partial charge in [-0.1, -0.05) is 36.4 Å². The lowest BCUT2D eigenvalue weighted by Gasteiger charge is -2.20. The molecule has 0 N–H and O–H groups in total. The molecule has 0 saturated heterocycles. The van der Waals surface area contributed by atoms with E-state index >= 15 is 0 Å². The minimum Gasteiger partial charge on any atom is -0.471 e. The van der Waals surface area contributed by atoms with Crippen LogP contribution in [0, 0.1) is 6.92 Å². The molecule has 5 rings (SSSR count). The molecule has 3 aromatic carbocycles. The maximum Gasteiger partial charge on any atom is 0.215 e. The van der Waals surface area contributed by atoms with E-state index in [1.165, 1.54) is 0 Å². The molecular formula is C23H18N2O2. The van der Waals surface area contributed by atoms with Crippen molar-refractivity contribution < 1.29 is 9.47 Å². The van der Waals surface area contributed by atoms with Crippen molar-refractivity contribution >= 4 is 12.5 Å². The third-order valence-corrected chi connectivity index (χ3v) is 4.88. The first-order valence-electron chi connectivity index (χ1n) is 8.95. The average Bonchev–Trinajstić information content (AvgIpc) is 2.73. The van der Waals surface area contributed by atoms with Crippen molar-refractivity contribution in [2.75, 3.05) is 0 Å². The van der Waals surface area contributed by atoms with Crippen molar-refractivity contribution in [1.82, 2.24) is 0 Å². The van der Waals surface area contributed by atoms with E-state index < -0.39 is 0 Å². The fraction of sp³-hybridized carbons (Fsp3) is 0.130. The number of fused-ring (bicyclic) bond motifs is 2. The van der Waals surface area contributed by atoms with E-state index in [4.69, 9.17) is 19.5 Å². The van der Waals surface area contributed by atoms with Crippen LogP contribution in [-0.4, -0.2) is 0 Å². The number of aryl methyl sites for hydroxylation is 1. The number of para-hydroxylation sites is 2. The van der Waals surface area contributed by atoms with Gasteiger partial charge in [0, 0.05) is 21.6 Å². The first-order valence-corrected chi connectivity index (χ1v) is 8.95. The molecule has 3 aromatic rings. The van der Waals surface area contributed by atoms with Gasteiger partial charge in [-0.3, -0.25) is 0 Å². The van der Waals surface area contributed by atoms with Crippen LogP contribution in [0.4, 0.5) is 0 Å². The lowest BCUT2D eigenvalue weighted by molar-refractivity contribution is 0.177. The summed E-state index contributed by atoms with van der Waals surface area (Å²) in [5.41, 5.74) is 3.17. The van der Waals surface area contributed by atoms with Gasteiger partial charge < -0.3 is 9.47 Å². The summed E-state index contributed by atoms with van der Waals surface area (Å²) >= 11 is 0. The van der Waals surface area contributed by atoms with E-state index in [2.05, 4.69) is 19.1 Å². The Bertz CT molecular complexity index is 1260. The summed E-state index contributed by atoms with van der Waals surface area (Å²) in [4.78, 5) is 9.45. The monoisotopic (exact) mass is 354 g/mol. The maximum atomic E-state index is 5.85. The van der Waals surface area contributed by atoms with Crippen LogP contribution < -0.4 is 21.2 Å². The van der Waals surface area contributed by atoms with Crippen LogP contribution in [0.15, 0.2) is 76.7 Å². The zero-order valence-corrected chi connectivity index (χ0v) is 14.9. The van der Waals surface area contributed by atoms with Crippen LogP contribution in [0.3, 0.4) is 0 Å². The van der Waals surface area contributed by atoms with E-state index in [1.807, 2.05) is 54.6 Å². The first-order chi connectivity index (χ1) is 13.3. The second-order valence-corrected chi connectivity index (χ2v) is 6.70. The third-order valence-electron chi connectivity index (χ3n) is 4.88. The molecule has 2 aliphatic heterocycles. The van der Waals surface area contributed by atoms with Gasteiger partial charge in [0.25, 0.3) is 0 Å². The maximum absolute atomic E-state index is 5.85. The van der Waals surface area contributed by atoms with E-state index in [0.717, 1.165) is 37.8 Å². The summed E-state index contributed by atoms with van der Waals surface area (Å²) in [5, 5.41) is 3.92. The van der Waals surface area contributed by atoms with Crippen LogP contribution in [0.5, 0.6) is 0 Å². The Balaban J connectivity index is 1.49. The molecule has 2 unspecified atom stereocenters. The van der Waals surface area contributed by atoms with Gasteiger partial charge in [-0.2, -0.15) is 0 Å². The van der Waals surface area contributed by atoms with Crippen molar-refractivity contribution in [1.29, 1.82) is 0 Å². The smallest absolute Gasteiger partial charge is 0.215 e. The Morgan fingerprint density at radius 2 is 1.30 bits per heavy atom. The Kier molecular flexibility index (Phi) is 3.75. The molecule has 0 radical (unpaired) electrons. The second kappa shape index (κ2) is 6.40. The van der Waals surface area contributed by atoms with Crippen LogP contribution in [-0.2, 0) is 9.47 Å². The summed E-state index contributed by atoms with van der Waals surface area (Å²) in [6.45, 7) is 2.07. The Morgan fingerprint density at radius 1 is 0.704 bits per heavy atom. The molecule has 0 amide bonds. The topological polar surface area (TPSA) is 43.2 Å². The van der Waals surface area contributed by atoms with Gasteiger partial charge in [0.1, 0.15) is 0 Å². The largest absolute Gasteiger partial charge is 0.471 e. The number of hydrogen-bond donors (Lipinski definition) is 0. The molecule has 132 valence electrons. The molecule has 0 aromatic heterocycles. The standard InChI is InChI=1S/C23H18N2O2/c1-15-12-16(22-24-20-8-4-2-6-17(20)13-26-22)10-11-19(15)23-25-21-9-5-3-7-18(21)14-27-23/h2-14,22-23H,1H3. The number of rotatable bonds is 2. The number of nitrogens with zero attached hydrogens (tertiary/aromatic N) is 2. The second-order valence-electron chi connectivity index (χ2n) is 6.70. The highest BCUT2D eigenvalue weighted by molar-refractivity contribution is 5.36. The molecule has 0 saturated carbocycles. The average molecular weight is 354 g/mol. The summed E-state index contributed by atoms with van der Waals surface area (Å²) in [5.74, 6) is 0. The highest BCUT2D eigenvalue weighted by Crippen LogP contribution is 2.28. The fourth-order valence-corrected chi connectivity index (χ4v) is 3.42. The van der Waals surface area contributed by atoms with Gasteiger partial charge in [-0.05, 0) is 42.8 Å². The normalized spacial score (nSPS) is 19.6. The molecule has 4 nitrogen and oxygen atoms in total. The molecule has 2 aliphatic rings. The molecular weight excluding hydrogens is 336 g/mol. The summed E-state index contributed by atoms with van der Waals surface area (Å²) in [7, 11) is 0. The van der Waals surface area contributed by atoms with Crippen LogP contribution >= 0.6 is 0 Å². The van der Waals surface area contributed by atoms with Crippen molar-refractivity contribution in [2.45, 2.75) is 19.4 Å². The number of hydrogen-bond acceptors (Lipinski definition) is 4. The van der Waals surface area contributed by atoms with Crippen molar-refractivity contribution in [3.8, 4) is 0 Å². The molecule has 2 heterocycles. The number of ether oxygens (including phenoxy) is 2. The van der Waals surface area contributed by atoms with E-state index in [1.54, 1.807) is 12.5 Å². The van der Waals surface area contributed by atoms with Crippen LogP contribution in [0.2, 0.25) is 0 Å². The van der Waals surface area contributed by atoms with Crippen molar-refractivity contribution in [3.05, 3.63) is 105 Å². The van der Waals surface area contributed by atoms with Gasteiger partial charge in [0.2, 0.25) is 12.5 Å². The number of benzene rings is 3. The highest BCUT2D eigenvalue weighted by atomic mass is 16.5. The summed E-state index contributed by atoms with van der Waals surface area (Å²) in [6.07, 6.45) is 2.91. The Labute approximate surface area is 156 Å². The van der Waals surface area contributed by atoms with Gasteiger partial charge in [-0.25, -0.2) is 9.98 Å². The lowest BCUT2D eigenvalue weighted by atomic mass is 10.0. The fourth-order valence-electron chi connectivity index (χ4n) is 3.42. The van der Waals surface area contributed by atoms with Gasteiger partial charge in [0.15, 0.2) is 0 Å². The highest BCUT2D eigenvalue weighted by Gasteiger charge is 2.18. The van der Waals surface area contributed by atoms with Crippen molar-refractivity contribution in [3.63, 3.8) is 0 Å². The molecule has 0 aliphatic carbocycles. The van der Waals surface area contributed by atoms with E-state index in [9.17, 15) is 0 Å². The van der Waals surface area contributed by atoms with Crippen LogP contribution in [0.25, 0.3) is 12.5 Å². The minimum atomic E-state index is -0.329.